The van der Waals surface area contributed by atoms with Crippen molar-refractivity contribution in [3.05, 3.63) is 36.7 Å². The molecule has 2 aromatic heterocycles. The SMILES string of the molecule is CC[C@H](NP(=O)(COCCn1cnc2c(NC3CC3)nc(N)nc21)Oc1ccccc1)C(=O)O. The number of hydrogen-bond donors (Lipinski definition) is 4. The molecular weight excluding hydrogens is 461 g/mol. The number of nitrogens with zero attached hydrogens (tertiary/aromatic N) is 4. The highest BCUT2D eigenvalue weighted by atomic mass is 31.2. The second-order valence-corrected chi connectivity index (χ2v) is 10.0. The molecule has 0 amide bonds. The van der Waals surface area contributed by atoms with Gasteiger partial charge >= 0.3 is 13.5 Å². The van der Waals surface area contributed by atoms with E-state index in [1.807, 2.05) is 0 Å². The number of benzene rings is 1. The van der Waals surface area contributed by atoms with Crippen LogP contribution in [0.2, 0.25) is 0 Å². The minimum absolute atomic E-state index is 0.141. The van der Waals surface area contributed by atoms with Gasteiger partial charge in [0.2, 0.25) is 5.95 Å². The highest BCUT2D eigenvalue weighted by molar-refractivity contribution is 7.57. The quantitative estimate of drug-likeness (QED) is 0.206. The molecule has 0 spiro atoms. The number of aromatic nitrogens is 4. The van der Waals surface area contributed by atoms with Gasteiger partial charge in [-0.25, -0.2) is 10.1 Å². The zero-order valence-corrected chi connectivity index (χ0v) is 19.6. The number of imidazole rings is 1. The smallest absolute Gasteiger partial charge is 0.342 e. The molecule has 1 aromatic carbocycles. The van der Waals surface area contributed by atoms with Crippen LogP contribution < -0.4 is 20.7 Å². The van der Waals surface area contributed by atoms with Crippen molar-refractivity contribution >= 4 is 36.4 Å². The Morgan fingerprint density at radius 2 is 2.09 bits per heavy atom. The number of carbonyl (C=O) groups is 1. The number of rotatable bonds is 13. The van der Waals surface area contributed by atoms with Crippen molar-refractivity contribution in [2.75, 3.05) is 24.0 Å². The van der Waals surface area contributed by atoms with Gasteiger partial charge in [-0.3, -0.25) is 9.36 Å². The Morgan fingerprint density at radius 1 is 1.32 bits per heavy atom. The molecule has 1 saturated carbocycles. The molecule has 34 heavy (non-hydrogen) atoms. The van der Waals surface area contributed by atoms with Crippen molar-refractivity contribution in [3.63, 3.8) is 0 Å². The summed E-state index contributed by atoms with van der Waals surface area (Å²) < 4.78 is 26.5. The molecule has 1 aliphatic carbocycles. The lowest BCUT2D eigenvalue weighted by atomic mass is 10.2. The van der Waals surface area contributed by atoms with E-state index in [1.165, 1.54) is 0 Å². The standard InChI is InChI=1S/C21H28N7O5P/c1-2-16(20(29)30)27-34(31,33-15-6-4-3-5-7-15)13-32-11-10-28-12-23-17-18(24-14-8-9-14)25-21(22)26-19(17)28/h3-7,12,14,16H,2,8-11,13H2,1H3,(H,27,31)(H,29,30)(H3,22,24,25,26)/t16-,34?/m0/s1. The Bertz CT molecular complexity index is 1180. The number of fused-ring (bicyclic) bond motifs is 1. The van der Waals surface area contributed by atoms with E-state index < -0.39 is 19.5 Å². The zero-order valence-electron chi connectivity index (χ0n) is 18.8. The molecule has 13 heteroatoms. The normalized spacial score (nSPS) is 16.1. The van der Waals surface area contributed by atoms with E-state index in [-0.39, 0.29) is 25.3 Å². The molecule has 0 radical (unpaired) electrons. The van der Waals surface area contributed by atoms with Gasteiger partial charge in [0.15, 0.2) is 17.0 Å². The molecule has 5 N–H and O–H groups in total. The summed E-state index contributed by atoms with van der Waals surface area (Å²) in [4.78, 5) is 24.4. The number of carboxylic acids is 1. The van der Waals surface area contributed by atoms with Crippen LogP contribution in [0.3, 0.4) is 0 Å². The number of anilines is 2. The molecular formula is C21H28N7O5P. The van der Waals surface area contributed by atoms with Crippen molar-refractivity contribution in [1.82, 2.24) is 24.6 Å². The maximum absolute atomic E-state index is 13.4. The average molecular weight is 489 g/mol. The summed E-state index contributed by atoms with van der Waals surface area (Å²) in [6.07, 6.45) is 3.70. The fourth-order valence-corrected chi connectivity index (χ4v) is 5.07. The van der Waals surface area contributed by atoms with E-state index in [1.54, 1.807) is 48.1 Å². The van der Waals surface area contributed by atoms with Crippen LogP contribution in [-0.4, -0.2) is 55.6 Å². The number of ether oxygens (including phenoxy) is 1. The predicted octanol–water partition coefficient (Wildman–Crippen LogP) is 2.68. The Hall–Kier alpha value is -3.21. The summed E-state index contributed by atoms with van der Waals surface area (Å²) in [5.74, 6) is -0.0146. The number of carboxylic acid groups (broad SMARTS) is 1. The first-order valence-electron chi connectivity index (χ1n) is 11.0. The third kappa shape index (κ3) is 6.02. The van der Waals surface area contributed by atoms with Gasteiger partial charge in [-0.2, -0.15) is 9.97 Å². The van der Waals surface area contributed by atoms with Crippen molar-refractivity contribution in [1.29, 1.82) is 0 Å². The van der Waals surface area contributed by atoms with E-state index >= 15 is 0 Å². The van der Waals surface area contributed by atoms with Crippen LogP contribution in [0.15, 0.2) is 36.7 Å². The lowest BCUT2D eigenvalue weighted by Crippen LogP contribution is -2.36. The van der Waals surface area contributed by atoms with Gasteiger partial charge in [-0.05, 0) is 31.4 Å². The van der Waals surface area contributed by atoms with E-state index in [0.717, 1.165) is 12.8 Å². The molecule has 0 bridgehead atoms. The monoisotopic (exact) mass is 489 g/mol. The largest absolute Gasteiger partial charge is 0.480 e. The summed E-state index contributed by atoms with van der Waals surface area (Å²) in [5.41, 5.74) is 7.06. The third-order valence-electron chi connectivity index (χ3n) is 5.19. The number of nitrogens with one attached hydrogen (secondary N) is 2. The Kier molecular flexibility index (Phi) is 7.30. The number of aliphatic carboxylic acids is 1. The molecule has 12 nitrogen and oxygen atoms in total. The summed E-state index contributed by atoms with van der Waals surface area (Å²) in [6, 6.07) is 7.90. The van der Waals surface area contributed by atoms with Gasteiger partial charge in [0.1, 0.15) is 18.1 Å². The van der Waals surface area contributed by atoms with E-state index in [9.17, 15) is 14.5 Å². The van der Waals surface area contributed by atoms with Crippen molar-refractivity contribution in [2.45, 2.75) is 44.8 Å². The van der Waals surface area contributed by atoms with Crippen molar-refractivity contribution in [3.8, 4) is 5.75 Å². The first-order valence-corrected chi connectivity index (χ1v) is 12.8. The van der Waals surface area contributed by atoms with Crippen LogP contribution in [0.4, 0.5) is 11.8 Å². The van der Waals surface area contributed by atoms with Gasteiger partial charge in [-0.1, -0.05) is 25.1 Å². The van der Waals surface area contributed by atoms with Gasteiger partial charge in [0.05, 0.1) is 12.9 Å². The summed E-state index contributed by atoms with van der Waals surface area (Å²) >= 11 is 0. The minimum Gasteiger partial charge on any atom is -0.480 e. The van der Waals surface area contributed by atoms with Crippen LogP contribution in [-0.2, 0) is 20.6 Å². The Morgan fingerprint density at radius 3 is 2.76 bits per heavy atom. The second-order valence-electron chi connectivity index (χ2n) is 8.00. The summed E-state index contributed by atoms with van der Waals surface area (Å²) in [5, 5.41) is 15.3. The summed E-state index contributed by atoms with van der Waals surface area (Å²) in [7, 11) is -3.68. The van der Waals surface area contributed by atoms with Gasteiger partial charge < -0.3 is 30.0 Å². The predicted molar refractivity (Wildman–Crippen MR) is 127 cm³/mol. The lowest BCUT2D eigenvalue weighted by Gasteiger charge is -2.23. The average Bonchev–Trinajstić information content (AvgIpc) is 3.53. The van der Waals surface area contributed by atoms with Gasteiger partial charge in [0.25, 0.3) is 0 Å². The van der Waals surface area contributed by atoms with E-state index in [0.29, 0.717) is 35.3 Å². The van der Waals surface area contributed by atoms with Crippen LogP contribution in [0.1, 0.15) is 26.2 Å². The van der Waals surface area contributed by atoms with Crippen molar-refractivity contribution < 1.29 is 23.7 Å². The molecule has 1 fully saturated rings. The fraction of sp³-hybridized carbons (Fsp3) is 0.429. The van der Waals surface area contributed by atoms with Crippen molar-refractivity contribution in [2.24, 2.45) is 0 Å². The van der Waals surface area contributed by atoms with Crippen LogP contribution >= 0.6 is 7.52 Å². The molecule has 3 aromatic rings. The van der Waals surface area contributed by atoms with Crippen LogP contribution in [0.5, 0.6) is 5.75 Å². The Balaban J connectivity index is 1.42. The first-order chi connectivity index (χ1) is 16.4. The van der Waals surface area contributed by atoms with E-state index in [4.69, 9.17) is 15.0 Å². The Labute approximate surface area is 196 Å². The number of nitrogens with two attached hydrogens (primary N) is 1. The van der Waals surface area contributed by atoms with E-state index in [2.05, 4.69) is 25.4 Å². The molecule has 4 rings (SSSR count). The van der Waals surface area contributed by atoms with Crippen LogP contribution in [0, 0.1) is 0 Å². The molecule has 1 aliphatic rings. The highest BCUT2D eigenvalue weighted by Crippen LogP contribution is 2.43. The molecule has 0 aliphatic heterocycles. The minimum atomic E-state index is -3.68. The topological polar surface area (TPSA) is 167 Å². The molecule has 2 atom stereocenters. The third-order valence-corrected chi connectivity index (χ3v) is 6.93. The second kappa shape index (κ2) is 10.4. The zero-order chi connectivity index (χ0) is 24.1. The van der Waals surface area contributed by atoms with Gasteiger partial charge in [-0.15, -0.1) is 0 Å². The highest BCUT2D eigenvalue weighted by Gasteiger charge is 2.31. The number of hydrogen-bond acceptors (Lipinski definition) is 9. The molecule has 2 heterocycles. The summed E-state index contributed by atoms with van der Waals surface area (Å²) in [6.45, 7) is 2.20. The molecule has 182 valence electrons. The number of para-hydroxylation sites is 1. The first kappa shape index (κ1) is 23.9. The maximum Gasteiger partial charge on any atom is 0.342 e. The van der Waals surface area contributed by atoms with Gasteiger partial charge in [0, 0.05) is 12.6 Å². The maximum atomic E-state index is 13.4. The van der Waals surface area contributed by atoms with Crippen LogP contribution in [0.25, 0.3) is 11.2 Å². The lowest BCUT2D eigenvalue weighted by molar-refractivity contribution is -0.139. The molecule has 0 saturated heterocycles. The molecule has 1 unspecified atom stereocenters. The number of nitrogen functional groups attached to an aromatic ring is 1. The fourth-order valence-electron chi connectivity index (χ4n) is 3.29.